The van der Waals surface area contributed by atoms with Crippen LogP contribution in [0.1, 0.15) is 59.2 Å². The third-order valence-corrected chi connectivity index (χ3v) is 9.80. The number of amides is 3. The Kier molecular flexibility index (Phi) is 8.54. The molecule has 1 atom stereocenters. The molecule has 3 aromatic rings. The smallest absolute Gasteiger partial charge is 0.269 e. The highest BCUT2D eigenvalue weighted by atomic mass is 32.2. The fourth-order valence-corrected chi connectivity index (χ4v) is 7.19. The van der Waals surface area contributed by atoms with E-state index < -0.39 is 34.4 Å². The highest BCUT2D eigenvalue weighted by molar-refractivity contribution is 7.90. The summed E-state index contributed by atoms with van der Waals surface area (Å²) in [6, 6.07) is 22.1. The summed E-state index contributed by atoms with van der Waals surface area (Å²) in [5.41, 5.74) is 2.69. The molecule has 1 aliphatic heterocycles. The van der Waals surface area contributed by atoms with E-state index in [4.69, 9.17) is 0 Å². The van der Waals surface area contributed by atoms with Crippen molar-refractivity contribution < 1.29 is 22.8 Å². The lowest BCUT2D eigenvalue weighted by atomic mass is 9.94. The fraction of sp³-hybridized carbons (Fsp3) is 0.344. The first-order valence-electron chi connectivity index (χ1n) is 14.1. The summed E-state index contributed by atoms with van der Waals surface area (Å²) in [5, 5.41) is 3.18. The summed E-state index contributed by atoms with van der Waals surface area (Å²) in [6.07, 6.45) is 5.23. The Morgan fingerprint density at radius 3 is 2.29 bits per heavy atom. The predicted octanol–water partition coefficient (Wildman–Crippen LogP) is 4.23. The first kappa shape index (κ1) is 28.5. The molecule has 1 N–H and O–H groups in total. The lowest BCUT2D eigenvalue weighted by Gasteiger charge is -2.34. The zero-order valence-corrected chi connectivity index (χ0v) is 24.0. The molecule has 0 radical (unpaired) electrons. The Morgan fingerprint density at radius 1 is 0.927 bits per heavy atom. The van der Waals surface area contributed by atoms with Crippen LogP contribution in [0.3, 0.4) is 0 Å². The maximum absolute atomic E-state index is 14.1. The van der Waals surface area contributed by atoms with Crippen molar-refractivity contribution in [3.05, 3.63) is 101 Å². The average molecular weight is 574 g/mol. The number of fused-ring (bicyclic) bond motifs is 1. The third-order valence-electron chi connectivity index (χ3n) is 8.02. The second kappa shape index (κ2) is 12.3. The third kappa shape index (κ3) is 6.20. The van der Waals surface area contributed by atoms with Crippen LogP contribution in [0.2, 0.25) is 0 Å². The van der Waals surface area contributed by atoms with Crippen molar-refractivity contribution in [1.82, 2.24) is 14.5 Å². The number of nitrogens with one attached hydrogen (secondary N) is 1. The number of hydrogen-bond acceptors (Lipinski definition) is 5. The topological polar surface area (TPSA) is 104 Å². The molecule has 0 unspecified atom stereocenters. The van der Waals surface area contributed by atoms with Crippen LogP contribution in [0.25, 0.3) is 0 Å². The van der Waals surface area contributed by atoms with Gasteiger partial charge < -0.3 is 10.2 Å². The van der Waals surface area contributed by atoms with Crippen LogP contribution in [0.5, 0.6) is 0 Å². The lowest BCUT2D eigenvalue weighted by molar-refractivity contribution is -0.141. The van der Waals surface area contributed by atoms with Crippen LogP contribution in [0, 0.1) is 6.92 Å². The molecular weight excluding hydrogens is 538 g/mol. The van der Waals surface area contributed by atoms with Gasteiger partial charge in [0.2, 0.25) is 11.8 Å². The van der Waals surface area contributed by atoms with Crippen LogP contribution < -0.4 is 5.32 Å². The van der Waals surface area contributed by atoms with Crippen molar-refractivity contribution in [2.75, 3.05) is 6.54 Å². The highest BCUT2D eigenvalue weighted by Crippen LogP contribution is 2.30. The molecule has 214 valence electrons. The first-order valence-corrected chi connectivity index (χ1v) is 15.5. The van der Waals surface area contributed by atoms with Gasteiger partial charge in [0.15, 0.2) is 0 Å². The molecule has 0 aromatic heterocycles. The molecule has 3 aromatic carbocycles. The lowest BCUT2D eigenvalue weighted by Crippen LogP contribution is -2.55. The second-order valence-corrected chi connectivity index (χ2v) is 12.6. The van der Waals surface area contributed by atoms with Crippen molar-refractivity contribution in [2.24, 2.45) is 0 Å². The molecular formula is C32H35N3O5S. The molecule has 0 spiro atoms. The van der Waals surface area contributed by atoms with E-state index in [0.29, 0.717) is 4.31 Å². The van der Waals surface area contributed by atoms with E-state index in [-0.39, 0.29) is 35.4 Å². The van der Waals surface area contributed by atoms with Crippen molar-refractivity contribution in [1.29, 1.82) is 0 Å². The number of carbonyl (C=O) groups is 3. The first-order chi connectivity index (χ1) is 19.8. The standard InChI is InChI=1S/C32H35N3O5S/c1-23-12-8-9-15-25(23)21-34(30(36)22-35-32(38)27-18-10-11-19-29(27)41(35,39)40)28(20-24-13-4-2-5-14-24)31(37)33-26-16-6-3-7-17-26/h2,4-5,8-15,18-19,26,28H,3,6-7,16-17,20-22H2,1H3,(H,33,37)/t28-/m1/s1. The van der Waals surface area contributed by atoms with Gasteiger partial charge in [0, 0.05) is 19.0 Å². The van der Waals surface area contributed by atoms with E-state index in [1.54, 1.807) is 12.1 Å². The van der Waals surface area contributed by atoms with Gasteiger partial charge in [-0.3, -0.25) is 14.4 Å². The maximum atomic E-state index is 14.1. The maximum Gasteiger partial charge on any atom is 0.269 e. The number of benzene rings is 3. The molecule has 1 fully saturated rings. The molecule has 0 bridgehead atoms. The van der Waals surface area contributed by atoms with Gasteiger partial charge in [-0.1, -0.05) is 86.0 Å². The molecule has 9 heteroatoms. The average Bonchev–Trinajstić information content (AvgIpc) is 3.17. The summed E-state index contributed by atoms with van der Waals surface area (Å²) >= 11 is 0. The number of aryl methyl sites for hydroxylation is 1. The Balaban J connectivity index is 1.50. The van der Waals surface area contributed by atoms with Gasteiger partial charge in [-0.2, -0.15) is 0 Å². The van der Waals surface area contributed by atoms with Crippen molar-refractivity contribution in [2.45, 2.75) is 69.0 Å². The molecule has 0 saturated heterocycles. The highest BCUT2D eigenvalue weighted by Gasteiger charge is 2.43. The van der Waals surface area contributed by atoms with Gasteiger partial charge in [0.05, 0.1) is 5.56 Å². The van der Waals surface area contributed by atoms with Gasteiger partial charge in [0.25, 0.3) is 15.9 Å². The second-order valence-electron chi connectivity index (χ2n) is 10.8. The molecule has 5 rings (SSSR count). The SMILES string of the molecule is Cc1ccccc1CN(C(=O)CN1C(=O)c2ccccc2S1(=O)=O)[C@H](Cc1ccccc1)C(=O)NC1CCCCC1. The largest absolute Gasteiger partial charge is 0.352 e. The molecule has 3 amide bonds. The van der Waals surface area contributed by atoms with E-state index >= 15 is 0 Å². The molecule has 1 aliphatic carbocycles. The number of nitrogens with zero attached hydrogens (tertiary/aromatic N) is 2. The minimum Gasteiger partial charge on any atom is -0.352 e. The summed E-state index contributed by atoms with van der Waals surface area (Å²) in [7, 11) is -4.20. The van der Waals surface area contributed by atoms with Crippen molar-refractivity contribution in [3.63, 3.8) is 0 Å². The van der Waals surface area contributed by atoms with E-state index in [0.717, 1.165) is 48.8 Å². The van der Waals surface area contributed by atoms with Gasteiger partial charge in [-0.05, 0) is 48.6 Å². The van der Waals surface area contributed by atoms with Crippen LogP contribution in [-0.4, -0.2) is 54.0 Å². The van der Waals surface area contributed by atoms with Gasteiger partial charge in [-0.15, -0.1) is 0 Å². The fourth-order valence-electron chi connectivity index (χ4n) is 5.67. The van der Waals surface area contributed by atoms with E-state index in [9.17, 15) is 22.8 Å². The van der Waals surface area contributed by atoms with E-state index in [1.807, 2.05) is 61.5 Å². The van der Waals surface area contributed by atoms with Crippen LogP contribution in [0.4, 0.5) is 0 Å². The minimum absolute atomic E-state index is 0.0278. The van der Waals surface area contributed by atoms with Crippen LogP contribution >= 0.6 is 0 Å². The number of carbonyl (C=O) groups excluding carboxylic acids is 3. The zero-order chi connectivity index (χ0) is 29.0. The Morgan fingerprint density at radius 2 is 1.59 bits per heavy atom. The quantitative estimate of drug-likeness (QED) is 0.413. The van der Waals surface area contributed by atoms with Crippen molar-refractivity contribution >= 4 is 27.7 Å². The Labute approximate surface area is 241 Å². The normalized spacial score (nSPS) is 17.1. The zero-order valence-electron chi connectivity index (χ0n) is 23.2. The number of hydrogen-bond donors (Lipinski definition) is 1. The summed E-state index contributed by atoms with van der Waals surface area (Å²) < 4.78 is 27.2. The monoisotopic (exact) mass is 573 g/mol. The molecule has 8 nitrogen and oxygen atoms in total. The summed E-state index contributed by atoms with van der Waals surface area (Å²) in [4.78, 5) is 42.5. The van der Waals surface area contributed by atoms with Crippen LogP contribution in [-0.2, 0) is 32.6 Å². The van der Waals surface area contributed by atoms with Gasteiger partial charge in [-0.25, -0.2) is 12.7 Å². The van der Waals surface area contributed by atoms with Gasteiger partial charge in [0.1, 0.15) is 17.5 Å². The number of sulfonamides is 1. The molecule has 41 heavy (non-hydrogen) atoms. The summed E-state index contributed by atoms with van der Waals surface area (Å²) in [5.74, 6) is -1.63. The molecule has 1 heterocycles. The van der Waals surface area contributed by atoms with Crippen molar-refractivity contribution in [3.8, 4) is 0 Å². The van der Waals surface area contributed by atoms with Gasteiger partial charge >= 0.3 is 0 Å². The van der Waals surface area contributed by atoms with E-state index in [1.165, 1.54) is 17.0 Å². The van der Waals surface area contributed by atoms with Crippen LogP contribution in [0.15, 0.2) is 83.8 Å². The van der Waals surface area contributed by atoms with E-state index in [2.05, 4.69) is 5.32 Å². The minimum atomic E-state index is -4.20. The number of rotatable bonds is 9. The summed E-state index contributed by atoms with van der Waals surface area (Å²) in [6.45, 7) is 1.33. The molecule has 1 saturated carbocycles. The Bertz CT molecular complexity index is 1530. The predicted molar refractivity (Wildman–Crippen MR) is 155 cm³/mol. The molecule has 2 aliphatic rings. The Hall–Kier alpha value is -3.98.